The van der Waals surface area contributed by atoms with Gasteiger partial charge in [-0.25, -0.2) is 9.79 Å². The topological polar surface area (TPSA) is 241 Å². The van der Waals surface area contributed by atoms with Crippen LogP contribution in [-0.2, 0) is 4.79 Å². The van der Waals surface area contributed by atoms with Crippen molar-refractivity contribution in [3.05, 3.63) is 0 Å². The lowest BCUT2D eigenvalue weighted by atomic mass is 10.3. The number of nitrogens with one attached hydrogen (secondary N) is 1. The summed E-state index contributed by atoms with van der Waals surface area (Å²) in [6.07, 6.45) is -1.15. The molecular weight excluding hydrogens is 260 g/mol. The monoisotopic (exact) mass is 278 g/mol. The summed E-state index contributed by atoms with van der Waals surface area (Å²) >= 11 is 0. The summed E-state index contributed by atoms with van der Waals surface area (Å²) in [5, 5.41) is 18.1. The number of hydrogen-bond donors (Lipinski definition) is 8. The second kappa shape index (κ2) is 10.4. The Labute approximate surface area is 108 Å². The van der Waals surface area contributed by atoms with Crippen LogP contribution in [-0.4, -0.2) is 53.4 Å². The molecule has 0 heterocycles. The zero-order chi connectivity index (χ0) is 15.4. The van der Waals surface area contributed by atoms with E-state index in [1.54, 1.807) is 0 Å². The van der Waals surface area contributed by atoms with Crippen LogP contribution in [0.5, 0.6) is 0 Å². The van der Waals surface area contributed by atoms with Gasteiger partial charge in [0, 0.05) is 0 Å². The molecule has 19 heavy (non-hydrogen) atoms. The van der Waals surface area contributed by atoms with Crippen molar-refractivity contribution >= 4 is 24.0 Å². The Morgan fingerprint density at radius 1 is 1.05 bits per heavy atom. The van der Waals surface area contributed by atoms with E-state index in [9.17, 15) is 9.59 Å². The molecule has 1 unspecified atom stereocenters. The Hall–Kier alpha value is -2.76. The summed E-state index contributed by atoms with van der Waals surface area (Å²) in [4.78, 5) is 26.5. The molecule has 0 aliphatic rings. The first kappa shape index (κ1) is 18.6. The number of carbonyl (C=O) groups is 2. The molecule has 0 saturated carbocycles. The van der Waals surface area contributed by atoms with Crippen LogP contribution in [0.4, 0.5) is 4.79 Å². The Morgan fingerprint density at radius 3 is 1.84 bits per heavy atom. The first-order valence-corrected chi connectivity index (χ1v) is 4.72. The van der Waals surface area contributed by atoms with E-state index in [0.717, 1.165) is 0 Å². The maximum atomic E-state index is 10.0. The van der Waals surface area contributed by atoms with E-state index in [-0.39, 0.29) is 25.1 Å². The van der Waals surface area contributed by atoms with Gasteiger partial charge < -0.3 is 44.2 Å². The van der Waals surface area contributed by atoms with E-state index in [0.29, 0.717) is 0 Å². The summed E-state index contributed by atoms with van der Waals surface area (Å²) in [5.41, 5.74) is 24.6. The quantitative estimate of drug-likeness (QED) is 0.181. The lowest BCUT2D eigenvalue weighted by Crippen LogP contribution is -2.35. The standard InChI is InChI=1S/C4H10N4O2.C3H8N4O2/c5-2(3(9)10)1-8-4(6)7;4-2(5)6-1-7-3(8)9/h2H,1,5H2,(H,9,10)(H4,6,7,8);7H,1H2,(H,8,9)(H4,4,5,6). The number of hydrogen-bond acceptors (Lipinski definition) is 5. The van der Waals surface area contributed by atoms with Gasteiger partial charge in [0.15, 0.2) is 11.9 Å². The van der Waals surface area contributed by atoms with Crippen molar-refractivity contribution in [3.63, 3.8) is 0 Å². The van der Waals surface area contributed by atoms with Gasteiger partial charge in [0.2, 0.25) is 0 Å². The number of aliphatic imine (C=N–C) groups is 2. The van der Waals surface area contributed by atoms with Crippen LogP contribution in [0.15, 0.2) is 9.98 Å². The fourth-order valence-corrected chi connectivity index (χ4v) is 0.480. The average molecular weight is 278 g/mol. The van der Waals surface area contributed by atoms with Crippen LogP contribution < -0.4 is 34.0 Å². The van der Waals surface area contributed by atoms with Crippen LogP contribution in [0, 0.1) is 0 Å². The van der Waals surface area contributed by atoms with E-state index in [2.05, 4.69) is 9.98 Å². The van der Waals surface area contributed by atoms with Gasteiger partial charge in [-0.15, -0.1) is 0 Å². The molecule has 0 aromatic heterocycles. The number of guanidine groups is 2. The van der Waals surface area contributed by atoms with E-state index >= 15 is 0 Å². The molecule has 0 bridgehead atoms. The number of nitrogens with zero attached hydrogens (tertiary/aromatic N) is 2. The van der Waals surface area contributed by atoms with E-state index in [4.69, 9.17) is 38.9 Å². The highest BCUT2D eigenvalue weighted by molar-refractivity contribution is 5.77. The third-order valence-corrected chi connectivity index (χ3v) is 1.28. The number of amides is 1. The first-order valence-electron chi connectivity index (χ1n) is 4.72. The lowest BCUT2D eigenvalue weighted by molar-refractivity contribution is -0.138. The molecule has 0 saturated heterocycles. The average Bonchev–Trinajstić information content (AvgIpc) is 2.25. The summed E-state index contributed by atoms with van der Waals surface area (Å²) in [7, 11) is 0. The van der Waals surface area contributed by atoms with Gasteiger partial charge in [-0.2, -0.15) is 0 Å². The predicted octanol–water partition coefficient (Wildman–Crippen LogP) is -3.84. The lowest BCUT2D eigenvalue weighted by Gasteiger charge is -2.00. The molecule has 0 fully saturated rings. The highest BCUT2D eigenvalue weighted by Gasteiger charge is 2.09. The Kier molecular flexibility index (Phi) is 10.2. The van der Waals surface area contributed by atoms with Gasteiger partial charge in [-0.3, -0.25) is 9.79 Å². The van der Waals surface area contributed by atoms with Gasteiger partial charge in [-0.05, 0) is 0 Å². The van der Waals surface area contributed by atoms with Crippen molar-refractivity contribution in [3.8, 4) is 0 Å². The minimum absolute atomic E-state index is 0.0856. The summed E-state index contributed by atoms with van der Waals surface area (Å²) in [6, 6.07) is -1.03. The smallest absolute Gasteiger partial charge is 0.406 e. The number of carboxylic acids is 1. The highest BCUT2D eigenvalue weighted by atomic mass is 16.4. The maximum Gasteiger partial charge on any atom is 0.406 e. The van der Waals surface area contributed by atoms with Gasteiger partial charge in [-0.1, -0.05) is 0 Å². The molecule has 0 radical (unpaired) electrons. The Balaban J connectivity index is 0. The third kappa shape index (κ3) is 17.8. The first-order chi connectivity index (χ1) is 8.66. The van der Waals surface area contributed by atoms with Crippen LogP contribution in [0.1, 0.15) is 0 Å². The van der Waals surface area contributed by atoms with Crippen LogP contribution in [0.3, 0.4) is 0 Å². The minimum atomic E-state index is -1.15. The van der Waals surface area contributed by atoms with Crippen LogP contribution in [0.2, 0.25) is 0 Å². The molecule has 0 rings (SSSR count). The number of rotatable bonds is 5. The Bertz CT molecular complexity index is 347. The van der Waals surface area contributed by atoms with Crippen LogP contribution in [0.25, 0.3) is 0 Å². The van der Waals surface area contributed by atoms with Crippen molar-refractivity contribution in [2.24, 2.45) is 38.7 Å². The second-order valence-corrected chi connectivity index (χ2v) is 2.93. The molecule has 0 aliphatic carbocycles. The molecular formula is C7H18N8O4. The molecule has 110 valence electrons. The number of carboxylic acid groups (broad SMARTS) is 2. The molecule has 12 nitrogen and oxygen atoms in total. The fourth-order valence-electron chi connectivity index (χ4n) is 0.480. The summed E-state index contributed by atoms with van der Waals surface area (Å²) in [6.45, 7) is -0.185. The Morgan fingerprint density at radius 2 is 1.53 bits per heavy atom. The van der Waals surface area contributed by atoms with Gasteiger partial charge >= 0.3 is 12.1 Å². The maximum absolute atomic E-state index is 10.0. The summed E-state index contributed by atoms with van der Waals surface area (Å²) < 4.78 is 0. The van der Waals surface area contributed by atoms with E-state index in [1.165, 1.54) is 0 Å². The van der Waals surface area contributed by atoms with Crippen molar-refractivity contribution in [1.82, 2.24) is 5.32 Å². The molecule has 0 aliphatic heterocycles. The van der Waals surface area contributed by atoms with Crippen molar-refractivity contribution < 1.29 is 19.8 Å². The molecule has 0 aromatic rings. The zero-order valence-electron chi connectivity index (χ0n) is 9.98. The third-order valence-electron chi connectivity index (χ3n) is 1.28. The molecule has 1 amide bonds. The van der Waals surface area contributed by atoms with Gasteiger partial charge in [0.25, 0.3) is 0 Å². The van der Waals surface area contributed by atoms with Crippen LogP contribution >= 0.6 is 0 Å². The van der Waals surface area contributed by atoms with Crippen molar-refractivity contribution in [2.45, 2.75) is 6.04 Å². The predicted molar refractivity (Wildman–Crippen MR) is 68.1 cm³/mol. The highest BCUT2D eigenvalue weighted by Crippen LogP contribution is 1.78. The summed E-state index contributed by atoms with van der Waals surface area (Å²) in [5.74, 6) is -1.41. The van der Waals surface area contributed by atoms with Crippen molar-refractivity contribution in [1.29, 1.82) is 0 Å². The minimum Gasteiger partial charge on any atom is -0.480 e. The second-order valence-electron chi connectivity index (χ2n) is 2.93. The SMILES string of the molecule is NC(N)=NCC(N)C(=O)O.NC(N)=NCNC(=O)O. The normalized spacial score (nSPS) is 10.2. The molecule has 0 spiro atoms. The molecule has 1 atom stereocenters. The number of nitrogens with two attached hydrogens (primary N) is 5. The van der Waals surface area contributed by atoms with E-state index in [1.807, 2.05) is 5.32 Å². The van der Waals surface area contributed by atoms with Gasteiger partial charge in [0.05, 0.1) is 6.54 Å². The molecule has 0 aromatic carbocycles. The fraction of sp³-hybridized carbons (Fsp3) is 0.429. The zero-order valence-corrected chi connectivity index (χ0v) is 9.98. The van der Waals surface area contributed by atoms with Gasteiger partial charge in [0.1, 0.15) is 12.7 Å². The number of aliphatic carboxylic acids is 1. The van der Waals surface area contributed by atoms with E-state index < -0.39 is 18.1 Å². The largest absolute Gasteiger partial charge is 0.480 e. The van der Waals surface area contributed by atoms with Crippen molar-refractivity contribution in [2.75, 3.05) is 13.2 Å². The molecule has 12 heteroatoms. The molecule has 13 N–H and O–H groups in total.